The van der Waals surface area contributed by atoms with Crippen LogP contribution in [-0.4, -0.2) is 42.5 Å². The first-order valence-electron chi connectivity index (χ1n) is 9.45. The predicted octanol–water partition coefficient (Wildman–Crippen LogP) is 2.98. The maximum Gasteiger partial charge on any atom is 0.235 e. The zero-order valence-corrected chi connectivity index (χ0v) is 16.0. The summed E-state index contributed by atoms with van der Waals surface area (Å²) in [4.78, 5) is 31.0. The summed E-state index contributed by atoms with van der Waals surface area (Å²) < 4.78 is 14.2. The second-order valence-electron chi connectivity index (χ2n) is 7.59. The number of halogens is 1. The average Bonchev–Trinajstić information content (AvgIpc) is 2.92. The van der Waals surface area contributed by atoms with Gasteiger partial charge >= 0.3 is 0 Å². The minimum atomic E-state index is -0.814. The number of nitrogens with zero attached hydrogens (tertiary/aromatic N) is 1. The first kappa shape index (κ1) is 18.8. The van der Waals surface area contributed by atoms with E-state index in [1.807, 2.05) is 13.0 Å². The Bertz CT molecular complexity index is 918. The molecule has 2 aliphatic heterocycles. The lowest BCUT2D eigenvalue weighted by Gasteiger charge is -2.36. The van der Waals surface area contributed by atoms with E-state index in [0.29, 0.717) is 37.1 Å². The van der Waals surface area contributed by atoms with Gasteiger partial charge in [-0.3, -0.25) is 9.59 Å². The molecule has 1 unspecified atom stereocenters. The van der Waals surface area contributed by atoms with Crippen molar-refractivity contribution < 1.29 is 18.8 Å². The summed E-state index contributed by atoms with van der Waals surface area (Å²) in [6.07, 6.45) is 1.07. The summed E-state index contributed by atoms with van der Waals surface area (Å²) in [5.41, 5.74) is 1.91. The number of rotatable bonds is 3. The molecule has 2 aromatic rings. The van der Waals surface area contributed by atoms with Crippen molar-refractivity contribution in [3.63, 3.8) is 0 Å². The Kier molecular flexibility index (Phi) is 4.77. The highest BCUT2D eigenvalue weighted by molar-refractivity contribution is 6.17. The molecule has 1 N–H and O–H groups in total. The summed E-state index contributed by atoms with van der Waals surface area (Å²) in [6.45, 7) is 3.04. The molecule has 2 aliphatic rings. The van der Waals surface area contributed by atoms with Gasteiger partial charge in [-0.25, -0.2) is 4.39 Å². The Hall–Kier alpha value is -2.57. The Balaban J connectivity index is 1.58. The first-order chi connectivity index (χ1) is 13.4. The van der Waals surface area contributed by atoms with Gasteiger partial charge in [0.25, 0.3) is 0 Å². The van der Waals surface area contributed by atoms with Crippen LogP contribution in [0, 0.1) is 12.7 Å². The fourth-order valence-electron chi connectivity index (χ4n) is 4.20. The summed E-state index contributed by atoms with van der Waals surface area (Å²) in [5.74, 6) is -1.44. The summed E-state index contributed by atoms with van der Waals surface area (Å²) in [5, 5.41) is 4.74. The van der Waals surface area contributed by atoms with Crippen molar-refractivity contribution in [2.45, 2.75) is 31.2 Å². The number of carbonyl (C=O) groups is 2. The standard InChI is InChI=1S/C22H23FN2O3/c1-14-3-8-17(18(23)13-14)15-4-6-16(7-5-15)19-20(26)22(24-21(19)27)9-11-25(28-2)12-10-22/h3-8,13,19H,9-12H2,1-2H3,(H,24,27). The molecule has 1 spiro atoms. The van der Waals surface area contributed by atoms with E-state index >= 15 is 0 Å². The minimum absolute atomic E-state index is 0.0810. The van der Waals surface area contributed by atoms with Crippen LogP contribution in [-0.2, 0) is 14.4 Å². The Morgan fingerprint density at radius 1 is 1.11 bits per heavy atom. The summed E-state index contributed by atoms with van der Waals surface area (Å²) in [6, 6.07) is 12.1. The van der Waals surface area contributed by atoms with Gasteiger partial charge in [-0.2, -0.15) is 5.06 Å². The van der Waals surface area contributed by atoms with E-state index in [4.69, 9.17) is 4.84 Å². The molecule has 1 amide bonds. The number of hydroxylamine groups is 2. The highest BCUT2D eigenvalue weighted by Crippen LogP contribution is 2.37. The molecular formula is C22H23FN2O3. The van der Waals surface area contributed by atoms with Gasteiger partial charge in [0, 0.05) is 18.7 Å². The molecule has 0 aromatic heterocycles. The van der Waals surface area contributed by atoms with E-state index in [0.717, 1.165) is 11.1 Å². The monoisotopic (exact) mass is 382 g/mol. The molecule has 28 heavy (non-hydrogen) atoms. The Labute approximate surface area is 163 Å². The summed E-state index contributed by atoms with van der Waals surface area (Å²) >= 11 is 0. The largest absolute Gasteiger partial charge is 0.343 e. The second kappa shape index (κ2) is 7.11. The number of amides is 1. The fraction of sp³-hybridized carbons (Fsp3) is 0.364. The number of benzene rings is 2. The van der Waals surface area contributed by atoms with E-state index in [-0.39, 0.29) is 17.5 Å². The van der Waals surface area contributed by atoms with Crippen LogP contribution in [0.25, 0.3) is 11.1 Å². The smallest absolute Gasteiger partial charge is 0.235 e. The number of carbonyl (C=O) groups excluding carboxylic acids is 2. The van der Waals surface area contributed by atoms with Gasteiger partial charge in [0.15, 0.2) is 5.78 Å². The molecule has 6 heteroatoms. The highest BCUT2D eigenvalue weighted by Gasteiger charge is 2.53. The molecule has 0 bridgehead atoms. The zero-order valence-electron chi connectivity index (χ0n) is 16.0. The van der Waals surface area contributed by atoms with E-state index < -0.39 is 11.5 Å². The minimum Gasteiger partial charge on any atom is -0.343 e. The number of aryl methyl sites for hydroxylation is 1. The predicted molar refractivity (Wildman–Crippen MR) is 103 cm³/mol. The maximum atomic E-state index is 14.2. The molecule has 2 fully saturated rings. The van der Waals surface area contributed by atoms with Crippen molar-refractivity contribution in [2.24, 2.45) is 0 Å². The molecule has 146 valence electrons. The van der Waals surface area contributed by atoms with E-state index in [1.54, 1.807) is 42.5 Å². The van der Waals surface area contributed by atoms with Gasteiger partial charge < -0.3 is 10.2 Å². The van der Waals surface area contributed by atoms with Gasteiger partial charge in [-0.1, -0.05) is 36.4 Å². The van der Waals surface area contributed by atoms with Gasteiger partial charge in [0.2, 0.25) is 5.91 Å². The van der Waals surface area contributed by atoms with Gasteiger partial charge in [0.05, 0.1) is 7.11 Å². The topological polar surface area (TPSA) is 58.6 Å². The molecule has 2 heterocycles. The van der Waals surface area contributed by atoms with Crippen molar-refractivity contribution in [3.05, 3.63) is 59.4 Å². The SMILES string of the molecule is CON1CCC2(CC1)NC(=O)C(c1ccc(-c3ccc(C)cc3F)cc1)C2=O. The molecule has 2 aromatic carbocycles. The molecular weight excluding hydrogens is 359 g/mol. The van der Waals surface area contributed by atoms with E-state index in [1.165, 1.54) is 6.07 Å². The highest BCUT2D eigenvalue weighted by atomic mass is 19.1. The average molecular weight is 382 g/mol. The maximum absolute atomic E-state index is 14.2. The molecule has 4 rings (SSSR count). The van der Waals surface area contributed by atoms with Crippen molar-refractivity contribution in [2.75, 3.05) is 20.2 Å². The number of Topliss-reactive ketones (excluding diaryl/α,β-unsaturated/α-hetero) is 1. The van der Waals surface area contributed by atoms with Crippen LogP contribution in [0.4, 0.5) is 4.39 Å². The molecule has 5 nitrogen and oxygen atoms in total. The van der Waals surface area contributed by atoms with Crippen molar-refractivity contribution in [3.8, 4) is 11.1 Å². The fourth-order valence-corrected chi connectivity index (χ4v) is 4.20. The van der Waals surface area contributed by atoms with Gasteiger partial charge in [-0.15, -0.1) is 0 Å². The van der Waals surface area contributed by atoms with Crippen LogP contribution < -0.4 is 5.32 Å². The van der Waals surface area contributed by atoms with Gasteiger partial charge in [-0.05, 0) is 42.5 Å². The second-order valence-corrected chi connectivity index (χ2v) is 7.59. The van der Waals surface area contributed by atoms with Crippen molar-refractivity contribution in [1.29, 1.82) is 0 Å². The molecule has 2 saturated heterocycles. The Morgan fingerprint density at radius 3 is 2.39 bits per heavy atom. The molecule has 0 radical (unpaired) electrons. The normalized spacial score (nSPS) is 21.9. The number of hydrogen-bond donors (Lipinski definition) is 1. The van der Waals surface area contributed by atoms with Gasteiger partial charge in [0.1, 0.15) is 17.3 Å². The van der Waals surface area contributed by atoms with Crippen LogP contribution in [0.2, 0.25) is 0 Å². The third kappa shape index (κ3) is 3.12. The van der Waals surface area contributed by atoms with Crippen molar-refractivity contribution in [1.82, 2.24) is 10.4 Å². The lowest BCUT2D eigenvalue weighted by Crippen LogP contribution is -2.54. The van der Waals surface area contributed by atoms with Crippen molar-refractivity contribution >= 4 is 11.7 Å². The Morgan fingerprint density at radius 2 is 1.79 bits per heavy atom. The van der Waals surface area contributed by atoms with E-state index in [2.05, 4.69) is 5.32 Å². The van der Waals surface area contributed by atoms with Crippen LogP contribution >= 0.6 is 0 Å². The number of hydrogen-bond acceptors (Lipinski definition) is 4. The van der Waals surface area contributed by atoms with Crippen LogP contribution in [0.1, 0.15) is 29.9 Å². The van der Waals surface area contributed by atoms with E-state index in [9.17, 15) is 14.0 Å². The van der Waals surface area contributed by atoms with Crippen LogP contribution in [0.5, 0.6) is 0 Å². The zero-order chi connectivity index (χ0) is 19.9. The van der Waals surface area contributed by atoms with Crippen LogP contribution in [0.15, 0.2) is 42.5 Å². The molecule has 0 aliphatic carbocycles. The third-order valence-corrected chi connectivity index (χ3v) is 5.87. The number of nitrogens with one attached hydrogen (secondary N) is 1. The molecule has 0 saturated carbocycles. The first-order valence-corrected chi connectivity index (χ1v) is 9.45. The lowest BCUT2D eigenvalue weighted by atomic mass is 9.81. The lowest BCUT2D eigenvalue weighted by molar-refractivity contribution is -0.156. The quantitative estimate of drug-likeness (QED) is 0.830. The number of ketones is 1. The molecule has 1 atom stereocenters. The number of piperidine rings is 1. The third-order valence-electron chi connectivity index (χ3n) is 5.87. The summed E-state index contributed by atoms with van der Waals surface area (Å²) in [7, 11) is 1.61. The van der Waals surface area contributed by atoms with Crippen LogP contribution in [0.3, 0.4) is 0 Å².